The smallest absolute Gasteiger partial charge is 0.252 e. The zero-order valence-corrected chi connectivity index (χ0v) is 18.3. The highest BCUT2D eigenvalue weighted by atomic mass is 32.2. The van der Waals surface area contributed by atoms with Gasteiger partial charge in [-0.2, -0.15) is 4.99 Å². The van der Waals surface area contributed by atoms with Crippen LogP contribution in [0.15, 0.2) is 53.5 Å². The lowest BCUT2D eigenvalue weighted by Gasteiger charge is -2.24. The summed E-state index contributed by atoms with van der Waals surface area (Å²) >= 11 is 1.39. The Balaban J connectivity index is 1.50. The van der Waals surface area contributed by atoms with E-state index >= 15 is 0 Å². The molecule has 0 aliphatic carbocycles. The third-order valence-electron chi connectivity index (χ3n) is 5.43. The Morgan fingerprint density at radius 2 is 1.77 bits per heavy atom. The first-order valence-electron chi connectivity index (χ1n) is 9.84. The number of carbonyl (C=O) groups is 1. The van der Waals surface area contributed by atoms with Crippen LogP contribution in [0.25, 0.3) is 0 Å². The number of aliphatic imine (C=N–C) groups is 1. The molecule has 0 saturated carbocycles. The van der Waals surface area contributed by atoms with Gasteiger partial charge in [0.15, 0.2) is 15.0 Å². The average Bonchev–Trinajstić information content (AvgIpc) is 3.14. The van der Waals surface area contributed by atoms with Gasteiger partial charge in [0.1, 0.15) is 5.82 Å². The minimum Gasteiger partial charge on any atom is -0.346 e. The molecule has 0 aromatic heterocycles. The Hall–Kier alpha value is -2.19. The average molecular weight is 447 g/mol. The fourth-order valence-electron chi connectivity index (χ4n) is 3.82. The van der Waals surface area contributed by atoms with Crippen LogP contribution < -0.4 is 0 Å². The summed E-state index contributed by atoms with van der Waals surface area (Å²) in [6.45, 7) is 2.53. The number of thioether (sulfide) groups is 1. The second-order valence-corrected chi connectivity index (χ2v) is 11.2. The number of carbonyl (C=O) groups excluding carboxylic acids is 1. The largest absolute Gasteiger partial charge is 0.346 e. The number of benzene rings is 2. The van der Waals surface area contributed by atoms with Gasteiger partial charge in [-0.25, -0.2) is 12.8 Å². The van der Waals surface area contributed by atoms with Crippen LogP contribution in [0.1, 0.15) is 16.7 Å². The summed E-state index contributed by atoms with van der Waals surface area (Å²) in [6.07, 6.45) is 0.832. The Labute approximate surface area is 180 Å². The summed E-state index contributed by atoms with van der Waals surface area (Å²) in [4.78, 5) is 18.9. The SMILES string of the molecule is Cc1ccc(CC(=O)N=C2SC3CS(=O)(=O)CC3N2CCc2ccc(F)cc2)cc1. The van der Waals surface area contributed by atoms with Crippen molar-refractivity contribution in [1.29, 1.82) is 0 Å². The minimum atomic E-state index is -3.08. The van der Waals surface area contributed by atoms with Crippen molar-refractivity contribution in [2.45, 2.75) is 31.1 Å². The van der Waals surface area contributed by atoms with Gasteiger partial charge >= 0.3 is 0 Å². The van der Waals surface area contributed by atoms with Crippen LogP contribution in [-0.2, 0) is 27.5 Å². The standard InChI is InChI=1S/C22H23FN2O3S2/c1-15-2-4-17(5-3-15)12-21(26)24-22-25(11-10-16-6-8-18(23)9-7-16)19-13-30(27,28)14-20(19)29-22/h2-9,19-20H,10-14H2,1H3. The molecule has 2 aromatic rings. The van der Waals surface area contributed by atoms with Crippen molar-refractivity contribution in [2.75, 3.05) is 18.1 Å². The van der Waals surface area contributed by atoms with Crippen molar-refractivity contribution in [3.8, 4) is 0 Å². The van der Waals surface area contributed by atoms with E-state index in [9.17, 15) is 17.6 Å². The predicted molar refractivity (Wildman–Crippen MR) is 118 cm³/mol. The van der Waals surface area contributed by atoms with Gasteiger partial charge in [-0.15, -0.1) is 0 Å². The minimum absolute atomic E-state index is 0.0826. The van der Waals surface area contributed by atoms with E-state index in [0.29, 0.717) is 18.1 Å². The van der Waals surface area contributed by atoms with E-state index in [1.807, 2.05) is 36.1 Å². The van der Waals surface area contributed by atoms with Crippen molar-refractivity contribution in [1.82, 2.24) is 4.90 Å². The quantitative estimate of drug-likeness (QED) is 0.706. The van der Waals surface area contributed by atoms with Gasteiger partial charge in [-0.1, -0.05) is 53.7 Å². The number of hydrogen-bond acceptors (Lipinski definition) is 4. The molecule has 0 radical (unpaired) electrons. The van der Waals surface area contributed by atoms with Gasteiger partial charge in [0, 0.05) is 11.8 Å². The molecule has 2 heterocycles. The van der Waals surface area contributed by atoms with Gasteiger partial charge in [0.05, 0.1) is 24.0 Å². The van der Waals surface area contributed by atoms with E-state index < -0.39 is 9.84 Å². The van der Waals surface area contributed by atoms with Crippen LogP contribution in [0.3, 0.4) is 0 Å². The topological polar surface area (TPSA) is 66.8 Å². The molecule has 2 atom stereocenters. The van der Waals surface area contributed by atoms with Gasteiger partial charge in [-0.05, 0) is 36.6 Å². The lowest BCUT2D eigenvalue weighted by molar-refractivity contribution is -0.117. The first-order valence-corrected chi connectivity index (χ1v) is 12.5. The molecule has 2 fully saturated rings. The van der Waals surface area contributed by atoms with Crippen molar-refractivity contribution in [2.24, 2.45) is 4.99 Å². The van der Waals surface area contributed by atoms with E-state index in [1.165, 1.54) is 23.9 Å². The monoisotopic (exact) mass is 446 g/mol. The number of rotatable bonds is 5. The molecule has 4 rings (SSSR count). The molecule has 0 bridgehead atoms. The van der Waals surface area contributed by atoms with Gasteiger partial charge in [0.2, 0.25) is 0 Å². The maximum atomic E-state index is 13.2. The Morgan fingerprint density at radius 1 is 1.10 bits per heavy atom. The molecule has 30 heavy (non-hydrogen) atoms. The number of aryl methyl sites for hydroxylation is 1. The summed E-state index contributed by atoms with van der Waals surface area (Å²) in [5, 5.41) is 0.494. The molecule has 2 aliphatic heterocycles. The van der Waals surface area contributed by atoms with Crippen LogP contribution in [0.5, 0.6) is 0 Å². The van der Waals surface area contributed by atoms with E-state index in [0.717, 1.165) is 16.7 Å². The second-order valence-electron chi connectivity index (χ2n) is 7.82. The molecule has 0 N–H and O–H groups in total. The highest BCUT2D eigenvalue weighted by Gasteiger charge is 2.48. The van der Waals surface area contributed by atoms with Crippen LogP contribution in [0, 0.1) is 12.7 Å². The van der Waals surface area contributed by atoms with Crippen LogP contribution >= 0.6 is 11.8 Å². The van der Waals surface area contributed by atoms with Gasteiger partial charge in [0.25, 0.3) is 5.91 Å². The highest BCUT2D eigenvalue weighted by Crippen LogP contribution is 2.38. The van der Waals surface area contributed by atoms with Crippen LogP contribution in [0.4, 0.5) is 4.39 Å². The number of hydrogen-bond donors (Lipinski definition) is 0. The first kappa shape index (κ1) is 21.1. The number of fused-ring (bicyclic) bond motifs is 1. The molecule has 1 amide bonds. The fraction of sp³-hybridized carbons (Fsp3) is 0.364. The number of nitrogens with zero attached hydrogens (tertiary/aromatic N) is 2. The molecular formula is C22H23FN2O3S2. The number of sulfone groups is 1. The molecule has 2 saturated heterocycles. The third-order valence-corrected chi connectivity index (χ3v) is 8.67. The lowest BCUT2D eigenvalue weighted by Crippen LogP contribution is -2.39. The molecule has 2 aromatic carbocycles. The molecule has 2 unspecified atom stereocenters. The maximum absolute atomic E-state index is 13.2. The number of amides is 1. The highest BCUT2D eigenvalue weighted by molar-refractivity contribution is 8.15. The molecule has 5 nitrogen and oxygen atoms in total. The van der Waals surface area contributed by atoms with Crippen molar-refractivity contribution < 1.29 is 17.6 Å². The normalized spacial score (nSPS) is 23.7. The summed E-state index contributed by atoms with van der Waals surface area (Å²) < 4.78 is 37.4. The summed E-state index contributed by atoms with van der Waals surface area (Å²) in [5.41, 5.74) is 2.99. The first-order chi connectivity index (χ1) is 14.3. The van der Waals surface area contributed by atoms with E-state index in [4.69, 9.17) is 0 Å². The van der Waals surface area contributed by atoms with E-state index in [1.54, 1.807) is 12.1 Å². The van der Waals surface area contributed by atoms with E-state index in [-0.39, 0.29) is 40.9 Å². The van der Waals surface area contributed by atoms with Crippen molar-refractivity contribution in [3.05, 3.63) is 71.0 Å². The summed E-state index contributed by atoms with van der Waals surface area (Å²) in [5.74, 6) is -0.336. The fourth-order valence-corrected chi connectivity index (χ4v) is 7.82. The predicted octanol–water partition coefficient (Wildman–Crippen LogP) is 3.02. The van der Waals surface area contributed by atoms with Crippen LogP contribution in [-0.4, -0.2) is 53.7 Å². The maximum Gasteiger partial charge on any atom is 0.252 e. The van der Waals surface area contributed by atoms with Crippen molar-refractivity contribution in [3.63, 3.8) is 0 Å². The van der Waals surface area contributed by atoms with Crippen LogP contribution in [0.2, 0.25) is 0 Å². The Bertz CT molecular complexity index is 1070. The molecular weight excluding hydrogens is 423 g/mol. The Morgan fingerprint density at radius 3 is 2.47 bits per heavy atom. The third kappa shape index (κ3) is 4.92. The lowest BCUT2D eigenvalue weighted by atomic mass is 10.1. The molecule has 8 heteroatoms. The molecule has 158 valence electrons. The number of halogens is 1. The van der Waals surface area contributed by atoms with Crippen molar-refractivity contribution >= 4 is 32.7 Å². The molecule has 2 aliphatic rings. The molecule has 0 spiro atoms. The van der Waals surface area contributed by atoms with Gasteiger partial charge < -0.3 is 4.90 Å². The van der Waals surface area contributed by atoms with Gasteiger partial charge in [-0.3, -0.25) is 4.79 Å². The zero-order chi connectivity index (χ0) is 21.3. The Kier molecular flexibility index (Phi) is 5.97. The summed E-state index contributed by atoms with van der Waals surface area (Å²) in [7, 11) is -3.08. The van der Waals surface area contributed by atoms with E-state index in [2.05, 4.69) is 4.99 Å². The second kappa shape index (κ2) is 8.51. The summed E-state index contributed by atoms with van der Waals surface area (Å²) in [6, 6.07) is 13.9. The zero-order valence-electron chi connectivity index (χ0n) is 16.6. The number of amidine groups is 1.